The second kappa shape index (κ2) is 7.46. The number of ether oxygens (including phenoxy) is 1. The van der Waals surface area contributed by atoms with E-state index in [1.807, 2.05) is 0 Å². The predicted octanol–water partition coefficient (Wildman–Crippen LogP) is 3.82. The van der Waals surface area contributed by atoms with Crippen molar-refractivity contribution in [3.05, 3.63) is 63.0 Å². The first kappa shape index (κ1) is 18.4. The zero-order valence-electron chi connectivity index (χ0n) is 14.2. The van der Waals surface area contributed by atoms with Crippen LogP contribution in [0.25, 0.3) is 11.3 Å². The molecule has 8 nitrogen and oxygen atoms in total. The highest BCUT2D eigenvalue weighted by atomic mass is 32.1. The third-order valence-electron chi connectivity index (χ3n) is 3.69. The van der Waals surface area contributed by atoms with E-state index in [1.165, 1.54) is 25.3 Å². The predicted molar refractivity (Wildman–Crippen MR) is 97.6 cm³/mol. The molecule has 3 aromatic rings. The maximum atomic E-state index is 13.5. The minimum atomic E-state index is -0.624. The molecule has 0 aliphatic heterocycles. The number of benzene rings is 1. The number of pyridine rings is 1. The van der Waals surface area contributed by atoms with E-state index in [-0.39, 0.29) is 16.4 Å². The van der Waals surface area contributed by atoms with Crippen LogP contribution >= 0.6 is 11.3 Å². The van der Waals surface area contributed by atoms with Gasteiger partial charge in [0.05, 0.1) is 29.0 Å². The van der Waals surface area contributed by atoms with Gasteiger partial charge >= 0.3 is 0 Å². The van der Waals surface area contributed by atoms with Crippen LogP contribution in [0.3, 0.4) is 0 Å². The highest BCUT2D eigenvalue weighted by Crippen LogP contribution is 2.33. The molecule has 2 aromatic heterocycles. The van der Waals surface area contributed by atoms with E-state index in [2.05, 4.69) is 15.3 Å². The number of thiazole rings is 1. The van der Waals surface area contributed by atoms with Gasteiger partial charge in [0.1, 0.15) is 17.8 Å². The van der Waals surface area contributed by atoms with E-state index in [0.29, 0.717) is 22.7 Å². The van der Waals surface area contributed by atoms with Gasteiger partial charge in [0.15, 0.2) is 5.13 Å². The Kier molecular flexibility index (Phi) is 5.08. The summed E-state index contributed by atoms with van der Waals surface area (Å²) in [5, 5.41) is 15.4. The van der Waals surface area contributed by atoms with Crippen LogP contribution in [-0.4, -0.2) is 27.9 Å². The quantitative estimate of drug-likeness (QED) is 0.526. The number of nitrogens with zero attached hydrogens (tertiary/aromatic N) is 3. The van der Waals surface area contributed by atoms with Crippen LogP contribution in [-0.2, 0) is 0 Å². The molecule has 27 heavy (non-hydrogen) atoms. The smallest absolute Gasteiger partial charge is 0.288 e. The van der Waals surface area contributed by atoms with Gasteiger partial charge in [-0.15, -0.1) is 11.3 Å². The second-order valence-corrected chi connectivity index (χ2v) is 6.28. The van der Waals surface area contributed by atoms with Crippen molar-refractivity contribution in [3.8, 4) is 17.0 Å². The van der Waals surface area contributed by atoms with Crippen LogP contribution in [0.5, 0.6) is 5.75 Å². The number of aryl methyl sites for hydroxylation is 1. The number of carbonyl (C=O) groups is 1. The largest absolute Gasteiger partial charge is 0.496 e. The first-order valence-corrected chi connectivity index (χ1v) is 8.49. The van der Waals surface area contributed by atoms with Crippen molar-refractivity contribution in [2.24, 2.45) is 0 Å². The average molecular weight is 388 g/mol. The molecule has 0 aliphatic carbocycles. The molecule has 0 unspecified atom stereocenters. The van der Waals surface area contributed by atoms with Crippen LogP contribution in [0.15, 0.2) is 35.8 Å². The Bertz CT molecular complexity index is 1040. The van der Waals surface area contributed by atoms with E-state index in [0.717, 1.165) is 23.6 Å². The monoisotopic (exact) mass is 388 g/mol. The normalized spacial score (nSPS) is 10.5. The number of methoxy groups -OCH3 is 1. The molecule has 2 heterocycles. The molecule has 0 fully saturated rings. The Labute approximate surface area is 156 Å². The molecule has 0 bridgehead atoms. The summed E-state index contributed by atoms with van der Waals surface area (Å²) in [5.41, 5.74) is 1.02. The SMILES string of the molecule is COc1ccc(F)cc1-c1csc(NC(=O)c2cc([N+](=O)[O-])cnc2C)n1. The van der Waals surface area contributed by atoms with Crippen molar-refractivity contribution in [1.82, 2.24) is 9.97 Å². The van der Waals surface area contributed by atoms with Crippen molar-refractivity contribution in [2.45, 2.75) is 6.92 Å². The number of anilines is 1. The van der Waals surface area contributed by atoms with Crippen molar-refractivity contribution in [3.63, 3.8) is 0 Å². The summed E-state index contributed by atoms with van der Waals surface area (Å²) in [6.45, 7) is 1.57. The molecule has 1 N–H and O–H groups in total. The molecule has 1 amide bonds. The third kappa shape index (κ3) is 3.90. The van der Waals surface area contributed by atoms with Gasteiger partial charge in [-0.1, -0.05) is 0 Å². The molecule has 1 aromatic carbocycles. The van der Waals surface area contributed by atoms with Gasteiger partial charge in [-0.25, -0.2) is 9.37 Å². The number of hydrogen-bond donors (Lipinski definition) is 1. The fraction of sp³-hybridized carbons (Fsp3) is 0.118. The van der Waals surface area contributed by atoms with Crippen molar-refractivity contribution < 1.29 is 18.8 Å². The topological polar surface area (TPSA) is 107 Å². The molecule has 0 radical (unpaired) electrons. The van der Waals surface area contributed by atoms with E-state index in [4.69, 9.17) is 4.74 Å². The standard InChI is InChI=1S/C17H13FN4O4S/c1-9-12(6-11(7-19-9)22(24)25)16(23)21-17-20-14(8-27-17)13-5-10(18)3-4-15(13)26-2/h3-8H,1-2H3,(H,20,21,23). The van der Waals surface area contributed by atoms with Gasteiger partial charge in [-0.2, -0.15) is 0 Å². The van der Waals surface area contributed by atoms with Crippen LogP contribution in [0.4, 0.5) is 15.2 Å². The highest BCUT2D eigenvalue weighted by Gasteiger charge is 2.18. The van der Waals surface area contributed by atoms with E-state index >= 15 is 0 Å². The highest BCUT2D eigenvalue weighted by molar-refractivity contribution is 7.14. The Morgan fingerprint density at radius 1 is 1.37 bits per heavy atom. The zero-order chi connectivity index (χ0) is 19.6. The summed E-state index contributed by atoms with van der Waals surface area (Å²) in [6, 6.07) is 5.20. The fourth-order valence-corrected chi connectivity index (χ4v) is 3.06. The van der Waals surface area contributed by atoms with Gasteiger partial charge in [-0.05, 0) is 25.1 Å². The number of rotatable bonds is 5. The molecule has 0 aliphatic rings. The Hall–Kier alpha value is -3.40. The molecular weight excluding hydrogens is 375 g/mol. The van der Waals surface area contributed by atoms with Gasteiger partial charge in [0.2, 0.25) is 0 Å². The Morgan fingerprint density at radius 3 is 2.85 bits per heavy atom. The molecule has 10 heteroatoms. The lowest BCUT2D eigenvalue weighted by atomic mass is 10.1. The third-order valence-corrected chi connectivity index (χ3v) is 4.45. The van der Waals surface area contributed by atoms with Gasteiger partial charge < -0.3 is 4.74 Å². The number of amides is 1. The second-order valence-electron chi connectivity index (χ2n) is 5.42. The van der Waals surface area contributed by atoms with Crippen LogP contribution < -0.4 is 10.1 Å². The number of hydrogen-bond acceptors (Lipinski definition) is 7. The first-order chi connectivity index (χ1) is 12.9. The molecule has 0 saturated carbocycles. The van der Waals surface area contributed by atoms with Crippen LogP contribution in [0, 0.1) is 22.9 Å². The summed E-state index contributed by atoms with van der Waals surface area (Å²) in [4.78, 5) is 30.8. The molecule has 0 spiro atoms. The van der Waals surface area contributed by atoms with Crippen molar-refractivity contribution >= 4 is 28.1 Å². The van der Waals surface area contributed by atoms with Crippen LogP contribution in [0.1, 0.15) is 16.1 Å². The molecular formula is C17H13FN4O4S. The zero-order valence-corrected chi connectivity index (χ0v) is 15.0. The van der Waals surface area contributed by atoms with E-state index < -0.39 is 16.6 Å². The van der Waals surface area contributed by atoms with E-state index in [1.54, 1.807) is 12.3 Å². The van der Waals surface area contributed by atoms with Crippen LogP contribution in [0.2, 0.25) is 0 Å². The number of carbonyl (C=O) groups excluding carboxylic acids is 1. The lowest BCUT2D eigenvalue weighted by Crippen LogP contribution is -2.14. The molecule has 138 valence electrons. The summed E-state index contributed by atoms with van der Waals surface area (Å²) >= 11 is 1.13. The van der Waals surface area contributed by atoms with E-state index in [9.17, 15) is 19.3 Å². The number of aromatic nitrogens is 2. The summed E-state index contributed by atoms with van der Waals surface area (Å²) in [7, 11) is 1.46. The lowest BCUT2D eigenvalue weighted by Gasteiger charge is -2.06. The fourth-order valence-electron chi connectivity index (χ4n) is 2.35. The van der Waals surface area contributed by atoms with Gasteiger partial charge in [0, 0.05) is 17.0 Å². The Balaban J connectivity index is 1.87. The van der Waals surface area contributed by atoms with Crippen molar-refractivity contribution in [2.75, 3.05) is 12.4 Å². The minimum absolute atomic E-state index is 0.0734. The Morgan fingerprint density at radius 2 is 2.15 bits per heavy atom. The molecule has 3 rings (SSSR count). The maximum absolute atomic E-state index is 13.5. The lowest BCUT2D eigenvalue weighted by molar-refractivity contribution is -0.385. The maximum Gasteiger partial charge on any atom is 0.288 e. The summed E-state index contributed by atoms with van der Waals surface area (Å²) in [6.07, 6.45) is 1.09. The summed E-state index contributed by atoms with van der Waals surface area (Å²) in [5.74, 6) is -0.572. The number of halogens is 1. The number of nitro groups is 1. The molecule has 0 atom stereocenters. The average Bonchev–Trinajstić information content (AvgIpc) is 3.10. The minimum Gasteiger partial charge on any atom is -0.496 e. The first-order valence-electron chi connectivity index (χ1n) is 7.61. The summed E-state index contributed by atoms with van der Waals surface area (Å²) < 4.78 is 18.7. The number of nitrogens with one attached hydrogen (secondary N) is 1. The molecule has 0 saturated heterocycles. The van der Waals surface area contributed by atoms with Crippen molar-refractivity contribution in [1.29, 1.82) is 0 Å². The van der Waals surface area contributed by atoms with Gasteiger partial charge in [0.25, 0.3) is 11.6 Å². The van der Waals surface area contributed by atoms with Gasteiger partial charge in [-0.3, -0.25) is 25.2 Å².